The Hall–Kier alpha value is -4.41. The number of piperazine rings is 3. The quantitative estimate of drug-likeness (QED) is 0.0273. The number of anilines is 3. The van der Waals surface area contributed by atoms with Crippen molar-refractivity contribution in [2.75, 3.05) is 178 Å². The van der Waals surface area contributed by atoms with Crippen LogP contribution in [0, 0.1) is 16.2 Å². The second-order valence-corrected chi connectivity index (χ2v) is 47.2. The number of nitrogens with zero attached hydrogens (tertiary/aromatic N) is 7. The minimum absolute atomic E-state index is 0.00364. The van der Waals surface area contributed by atoms with Crippen LogP contribution in [0.1, 0.15) is 79.0 Å². The number of halogens is 1. The standard InChI is InChI=1S/C24H35N3O6S3.C23H33N3O4S2.C19H26N2O6S3.C5H11NO.CH3ClO2S.CH4O/c1-23(2,28)19-7-9-20(10-8-19)27-12-11-25(36(31,32)22-6-5-13-34-22)14-21(27)15-26(35(4,29)30)16-24(3)17-33-18-24;1-22(2,27)18-6-8-19(9-7-18)26-11-10-25(32(28,29)21-5-4-12-31-21)14-20(26)13-24-15-23(3)16-30-17-23;1-19(2,22)15-6-8-16(9-7-15)21-11-10-20(13-17(21)14-27-29(3,23)24)30(25,26)18-5-4-12-28-18;1-5(2-6)3-7-4-5;1-5(2,3)4;1-2/h5-10,13,21,28H,11-12,14-18H2,1-4H3;4-9,12,20,24,27H,10-11,13-17H2,1-3H3;4-9,12,17,22H,10-11,13-14H2,1-3H3;2-4,6H2,1H3;1H3;2H,1H3/t21-;20-;17-;;;/m101.../s1. The highest BCUT2D eigenvalue weighted by atomic mass is 35.7. The molecule has 39 heteroatoms. The summed E-state index contributed by atoms with van der Waals surface area (Å²) in [6, 6.07) is 31.8. The summed E-state index contributed by atoms with van der Waals surface area (Å²) in [7, 11) is -15.7. The number of hydrogen-bond acceptors (Lipinski definition) is 28. The Morgan fingerprint density at radius 1 is 0.500 bits per heavy atom. The minimum atomic E-state index is -3.68. The average molecular weight is 1760 g/mol. The number of aliphatic hydroxyl groups excluding tert-OH is 1. The van der Waals surface area contributed by atoms with E-state index in [1.807, 2.05) is 72.5 Å². The van der Waals surface area contributed by atoms with Crippen LogP contribution in [0.5, 0.6) is 0 Å². The molecule has 112 heavy (non-hydrogen) atoms. The molecule has 0 saturated carbocycles. The fourth-order valence-electron chi connectivity index (χ4n) is 12.8. The zero-order chi connectivity index (χ0) is 83.3. The van der Waals surface area contributed by atoms with Crippen LogP contribution in [0.4, 0.5) is 17.1 Å². The largest absolute Gasteiger partial charge is 0.400 e. The third-order valence-electron chi connectivity index (χ3n) is 19.4. The van der Waals surface area contributed by atoms with Gasteiger partial charge in [0, 0.05) is 143 Å². The number of benzene rings is 3. The van der Waals surface area contributed by atoms with Gasteiger partial charge in [-0.1, -0.05) is 75.4 Å². The van der Waals surface area contributed by atoms with Crippen molar-refractivity contribution in [2.24, 2.45) is 22.0 Å². The van der Waals surface area contributed by atoms with Gasteiger partial charge in [0.2, 0.25) is 19.1 Å². The van der Waals surface area contributed by atoms with Gasteiger partial charge in [-0.25, -0.2) is 42.1 Å². The van der Waals surface area contributed by atoms with Gasteiger partial charge in [-0.3, -0.25) is 4.18 Å². The summed E-state index contributed by atoms with van der Waals surface area (Å²) in [6.45, 7) is 26.5. The summed E-state index contributed by atoms with van der Waals surface area (Å²) < 4.78 is 174. The SMILES string of the molecule is CC(C)(O)c1ccc(N2CCN(S(=O)(=O)c3cccs3)C[C@@H]2COS(C)(=O)=O)cc1.CC1(CN(C[C@H]2CN(S(=O)(=O)c3cccs3)CCN2c2ccc(C(C)(C)O)cc2)S(C)(=O)=O)COC1.CC1(CN)COC1.CC1(CNC[C@H]2CN(S(=O)(=O)c3cccs3)CCN2c2ccc(C(C)(C)O)cc2)COC1.CO.CS(=O)(=O)Cl. The molecule has 3 atom stereocenters. The molecule has 0 amide bonds. The normalized spacial score (nSPS) is 20.6. The van der Waals surface area contributed by atoms with Gasteiger partial charge in [-0.05, 0) is 129 Å². The molecule has 6 saturated heterocycles. The first kappa shape index (κ1) is 94.7. The molecule has 630 valence electrons. The maximum atomic E-state index is 13.3. The summed E-state index contributed by atoms with van der Waals surface area (Å²) in [6.07, 6.45) is 3.09. The van der Waals surface area contributed by atoms with Crippen molar-refractivity contribution < 1.29 is 89.3 Å². The van der Waals surface area contributed by atoms with E-state index in [2.05, 4.69) is 39.6 Å². The van der Waals surface area contributed by atoms with Gasteiger partial charge in [-0.2, -0.15) is 25.6 Å². The number of sulfonamides is 4. The molecular formula is C73H112ClN9O20S9. The predicted octanol–water partition coefficient (Wildman–Crippen LogP) is 6.24. The third kappa shape index (κ3) is 27.1. The van der Waals surface area contributed by atoms with Crippen LogP contribution >= 0.6 is 44.7 Å². The van der Waals surface area contributed by atoms with Gasteiger partial charge in [0.15, 0.2) is 0 Å². The van der Waals surface area contributed by atoms with E-state index in [9.17, 15) is 65.8 Å². The Kier molecular flexibility index (Phi) is 33.0. The van der Waals surface area contributed by atoms with E-state index in [-0.39, 0.29) is 64.6 Å². The number of rotatable bonds is 25. The van der Waals surface area contributed by atoms with Crippen molar-refractivity contribution >= 4 is 121 Å². The lowest BCUT2D eigenvalue weighted by molar-refractivity contribution is -0.107. The number of hydrogen-bond donors (Lipinski definition) is 6. The number of aliphatic hydroxyl groups is 4. The first-order valence-electron chi connectivity index (χ1n) is 36.1. The monoisotopic (exact) mass is 1760 g/mol. The predicted molar refractivity (Wildman–Crippen MR) is 442 cm³/mol. The molecule has 0 radical (unpaired) electrons. The number of nitrogens with two attached hydrogens (primary N) is 1. The summed E-state index contributed by atoms with van der Waals surface area (Å²) >= 11 is 3.59. The molecule has 3 aromatic heterocycles. The second-order valence-electron chi connectivity index (χ2n) is 31.2. The fraction of sp³-hybridized carbons (Fsp3) is 0.589. The van der Waals surface area contributed by atoms with Crippen LogP contribution < -0.4 is 25.8 Å². The zero-order valence-electron chi connectivity index (χ0n) is 65.8. The summed E-state index contributed by atoms with van der Waals surface area (Å²) in [5.74, 6) is 0. The summed E-state index contributed by atoms with van der Waals surface area (Å²) in [4.78, 5) is 6.30. The van der Waals surface area contributed by atoms with Crippen molar-refractivity contribution in [2.45, 2.75) is 110 Å². The molecule has 6 aliphatic heterocycles. The topological polar surface area (TPSA) is 383 Å². The molecule has 9 heterocycles. The minimum Gasteiger partial charge on any atom is -0.400 e. The lowest BCUT2D eigenvalue weighted by Gasteiger charge is -2.46. The van der Waals surface area contributed by atoms with Crippen LogP contribution in [-0.2, 0) is 94.5 Å². The molecule has 12 rings (SSSR count). The number of thiophene rings is 3. The lowest BCUT2D eigenvalue weighted by atomic mass is 9.88. The van der Waals surface area contributed by atoms with Gasteiger partial charge < -0.3 is 60.4 Å². The van der Waals surface area contributed by atoms with Gasteiger partial charge >= 0.3 is 0 Å². The van der Waals surface area contributed by atoms with Crippen LogP contribution in [0.2, 0.25) is 0 Å². The van der Waals surface area contributed by atoms with Crippen molar-refractivity contribution in [3.63, 3.8) is 0 Å². The smallest absolute Gasteiger partial charge is 0.264 e. The zero-order valence-corrected chi connectivity index (χ0v) is 73.9. The van der Waals surface area contributed by atoms with Crippen molar-refractivity contribution in [1.82, 2.24) is 22.5 Å². The molecule has 0 unspecified atom stereocenters. The number of nitrogens with one attached hydrogen (secondary N) is 1. The first-order valence-corrected chi connectivity index (χ1v) is 49.4. The van der Waals surface area contributed by atoms with E-state index in [0.717, 1.165) is 104 Å². The Morgan fingerprint density at radius 2 is 0.812 bits per heavy atom. The third-order valence-corrected chi connectivity index (χ3v) is 30.9. The van der Waals surface area contributed by atoms with E-state index < -0.39 is 88.1 Å². The maximum absolute atomic E-state index is 13.3. The first-order chi connectivity index (χ1) is 51.9. The summed E-state index contributed by atoms with van der Waals surface area (Å²) in [5, 5.41) is 46.6. The molecule has 3 aromatic carbocycles. The van der Waals surface area contributed by atoms with E-state index in [0.29, 0.717) is 68.7 Å². The van der Waals surface area contributed by atoms with E-state index in [1.54, 1.807) is 111 Å². The Balaban J connectivity index is 0.000000214. The van der Waals surface area contributed by atoms with Crippen molar-refractivity contribution in [3.8, 4) is 0 Å². The average Bonchev–Trinajstić information content (AvgIpc) is 1.16. The highest BCUT2D eigenvalue weighted by Crippen LogP contribution is 2.36. The molecule has 6 aromatic rings. The Morgan fingerprint density at radius 3 is 1.08 bits per heavy atom. The van der Waals surface area contributed by atoms with Crippen molar-refractivity contribution in [3.05, 3.63) is 142 Å². The fourth-order valence-corrected chi connectivity index (χ4v) is 22.0. The molecule has 29 nitrogen and oxygen atoms in total. The molecule has 0 spiro atoms. The molecule has 7 N–H and O–H groups in total. The highest BCUT2D eigenvalue weighted by Gasteiger charge is 2.43. The van der Waals surface area contributed by atoms with Gasteiger partial charge in [0.25, 0.3) is 40.2 Å². The highest BCUT2D eigenvalue weighted by molar-refractivity contribution is 8.13. The number of ether oxygens (including phenoxy) is 3. The van der Waals surface area contributed by atoms with E-state index >= 15 is 0 Å². The molecule has 0 bridgehead atoms. The van der Waals surface area contributed by atoms with Crippen LogP contribution in [0.15, 0.2) is 138 Å². The lowest BCUT2D eigenvalue weighted by Crippen LogP contribution is -2.60. The van der Waals surface area contributed by atoms with E-state index in [4.69, 9.17) is 29.2 Å². The Labute approximate surface area is 679 Å². The summed E-state index contributed by atoms with van der Waals surface area (Å²) in [5.41, 5.74) is 7.79. The van der Waals surface area contributed by atoms with Gasteiger partial charge in [-0.15, -0.1) is 34.0 Å². The van der Waals surface area contributed by atoms with Crippen molar-refractivity contribution in [1.29, 1.82) is 0 Å². The molecule has 0 aliphatic carbocycles. The van der Waals surface area contributed by atoms with Crippen LogP contribution in [0.3, 0.4) is 0 Å². The second kappa shape index (κ2) is 39.0. The maximum Gasteiger partial charge on any atom is 0.264 e. The molecule has 6 aliphatic rings. The van der Waals surface area contributed by atoms with Crippen LogP contribution in [0.25, 0.3) is 0 Å². The molecular weight excluding hydrogens is 1650 g/mol. The molecule has 6 fully saturated rings. The van der Waals surface area contributed by atoms with E-state index in [1.165, 1.54) is 41.8 Å². The van der Waals surface area contributed by atoms with Gasteiger partial charge in [0.05, 0.1) is 99.9 Å². The Bertz CT molecular complexity index is 4630. The van der Waals surface area contributed by atoms with Gasteiger partial charge in [0.1, 0.15) is 12.6 Å². The van der Waals surface area contributed by atoms with Crippen LogP contribution in [-0.4, -0.2) is 270 Å².